The lowest BCUT2D eigenvalue weighted by molar-refractivity contribution is 0.807. The SMILES string of the molecule is Cn1ccc2ccc(-c3cc(NC4CCN(c5ccccc5)C4)cc4nccnc34)cc21. The Morgan fingerprint density at radius 1 is 0.938 bits per heavy atom. The molecule has 1 saturated heterocycles. The van der Waals surface area contributed by atoms with Gasteiger partial charge >= 0.3 is 0 Å². The van der Waals surface area contributed by atoms with E-state index in [9.17, 15) is 0 Å². The highest BCUT2D eigenvalue weighted by molar-refractivity contribution is 5.97. The summed E-state index contributed by atoms with van der Waals surface area (Å²) in [5, 5.41) is 5.02. The molecule has 5 aromatic rings. The van der Waals surface area contributed by atoms with Crippen LogP contribution in [-0.4, -0.2) is 33.7 Å². The van der Waals surface area contributed by atoms with E-state index in [1.807, 2.05) is 0 Å². The first kappa shape index (κ1) is 18.9. The predicted molar refractivity (Wildman–Crippen MR) is 132 cm³/mol. The molecular formula is C27H25N5. The third kappa shape index (κ3) is 3.36. The monoisotopic (exact) mass is 419 g/mol. The Bertz CT molecular complexity index is 1410. The van der Waals surface area contributed by atoms with Crippen LogP contribution in [0.5, 0.6) is 0 Å². The Labute approximate surface area is 187 Å². The molecule has 5 nitrogen and oxygen atoms in total. The number of nitrogens with one attached hydrogen (secondary N) is 1. The van der Waals surface area contributed by atoms with Crippen molar-refractivity contribution < 1.29 is 0 Å². The van der Waals surface area contributed by atoms with Crippen molar-refractivity contribution in [1.29, 1.82) is 0 Å². The fourth-order valence-corrected chi connectivity index (χ4v) is 4.80. The van der Waals surface area contributed by atoms with Crippen LogP contribution in [0.1, 0.15) is 6.42 Å². The largest absolute Gasteiger partial charge is 0.380 e. The van der Waals surface area contributed by atoms with Crippen molar-refractivity contribution in [2.75, 3.05) is 23.3 Å². The first-order valence-corrected chi connectivity index (χ1v) is 11.1. The predicted octanol–water partition coefficient (Wildman–Crippen LogP) is 5.48. The smallest absolute Gasteiger partial charge is 0.0966 e. The van der Waals surface area contributed by atoms with Crippen molar-refractivity contribution in [3.8, 4) is 11.1 Å². The summed E-state index contributed by atoms with van der Waals surface area (Å²) in [6.07, 6.45) is 6.75. The van der Waals surface area contributed by atoms with E-state index in [0.717, 1.165) is 47.4 Å². The molecule has 1 aliphatic heterocycles. The molecule has 3 aromatic carbocycles. The van der Waals surface area contributed by atoms with Gasteiger partial charge in [-0.25, -0.2) is 0 Å². The number of rotatable bonds is 4. The number of hydrogen-bond acceptors (Lipinski definition) is 4. The van der Waals surface area contributed by atoms with E-state index < -0.39 is 0 Å². The standard InChI is InChI=1S/C27H25N5/c1-31-13-9-19-7-8-20(15-26(19)31)24-16-22(17-25-27(24)29-12-11-28-25)30-21-10-14-32(18-21)23-5-3-2-4-6-23/h2-9,11-13,15-17,21,30H,10,14,18H2,1H3. The van der Waals surface area contributed by atoms with Gasteiger partial charge in [0.2, 0.25) is 0 Å². The molecule has 3 heterocycles. The van der Waals surface area contributed by atoms with Gasteiger partial charge in [-0.3, -0.25) is 9.97 Å². The second-order valence-corrected chi connectivity index (χ2v) is 8.56. The lowest BCUT2D eigenvalue weighted by atomic mass is 10.0. The van der Waals surface area contributed by atoms with Gasteiger partial charge in [-0.2, -0.15) is 0 Å². The lowest BCUT2D eigenvalue weighted by Crippen LogP contribution is -2.25. The van der Waals surface area contributed by atoms with Gasteiger partial charge in [-0.1, -0.05) is 30.3 Å². The van der Waals surface area contributed by atoms with Crippen LogP contribution in [0.2, 0.25) is 0 Å². The van der Waals surface area contributed by atoms with Crippen LogP contribution in [0.4, 0.5) is 11.4 Å². The van der Waals surface area contributed by atoms with E-state index in [4.69, 9.17) is 0 Å². The molecule has 6 rings (SSSR count). The highest BCUT2D eigenvalue weighted by Gasteiger charge is 2.23. The molecule has 1 atom stereocenters. The Hall–Kier alpha value is -3.86. The first-order chi connectivity index (χ1) is 15.7. The summed E-state index contributed by atoms with van der Waals surface area (Å²) in [6, 6.07) is 24.2. The van der Waals surface area contributed by atoms with Crippen LogP contribution in [0, 0.1) is 0 Å². The summed E-state index contributed by atoms with van der Waals surface area (Å²) < 4.78 is 2.16. The number of para-hydroxylation sites is 1. The summed E-state index contributed by atoms with van der Waals surface area (Å²) in [7, 11) is 2.08. The highest BCUT2D eigenvalue weighted by Crippen LogP contribution is 2.33. The topological polar surface area (TPSA) is 46.0 Å². The van der Waals surface area contributed by atoms with Gasteiger partial charge in [0.15, 0.2) is 0 Å². The lowest BCUT2D eigenvalue weighted by Gasteiger charge is -2.20. The maximum absolute atomic E-state index is 4.67. The van der Waals surface area contributed by atoms with Crippen molar-refractivity contribution in [1.82, 2.24) is 14.5 Å². The van der Waals surface area contributed by atoms with Crippen molar-refractivity contribution in [3.05, 3.63) is 85.3 Å². The van der Waals surface area contributed by atoms with Crippen molar-refractivity contribution in [3.63, 3.8) is 0 Å². The summed E-state index contributed by atoms with van der Waals surface area (Å²) in [6.45, 7) is 2.05. The first-order valence-electron chi connectivity index (χ1n) is 11.1. The maximum atomic E-state index is 4.67. The number of aromatic nitrogens is 3. The highest BCUT2D eigenvalue weighted by atomic mass is 15.2. The second kappa shape index (κ2) is 7.68. The third-order valence-corrected chi connectivity index (χ3v) is 6.45. The van der Waals surface area contributed by atoms with Crippen LogP contribution < -0.4 is 10.2 Å². The quantitative estimate of drug-likeness (QED) is 0.419. The van der Waals surface area contributed by atoms with E-state index in [-0.39, 0.29) is 0 Å². The third-order valence-electron chi connectivity index (χ3n) is 6.45. The molecule has 1 fully saturated rings. The van der Waals surface area contributed by atoms with Gasteiger partial charge in [0.1, 0.15) is 0 Å². The molecular weight excluding hydrogens is 394 g/mol. The van der Waals surface area contributed by atoms with E-state index in [1.54, 1.807) is 12.4 Å². The van der Waals surface area contributed by atoms with E-state index in [1.165, 1.54) is 16.6 Å². The minimum absolute atomic E-state index is 0.396. The van der Waals surface area contributed by atoms with Gasteiger partial charge in [0.25, 0.3) is 0 Å². The van der Waals surface area contributed by atoms with Gasteiger partial charge in [-0.15, -0.1) is 0 Å². The van der Waals surface area contributed by atoms with Crippen molar-refractivity contribution in [2.24, 2.45) is 7.05 Å². The van der Waals surface area contributed by atoms with E-state index in [2.05, 4.69) is 105 Å². The fraction of sp³-hybridized carbons (Fsp3) is 0.185. The Kier molecular flexibility index (Phi) is 4.53. The van der Waals surface area contributed by atoms with Crippen LogP contribution in [0.25, 0.3) is 33.1 Å². The summed E-state index contributed by atoms with van der Waals surface area (Å²) in [5.41, 5.74) is 7.72. The average Bonchev–Trinajstić information content (AvgIpc) is 3.46. The number of nitrogens with zero attached hydrogens (tertiary/aromatic N) is 4. The number of aryl methyl sites for hydroxylation is 1. The zero-order chi connectivity index (χ0) is 21.5. The molecule has 1 N–H and O–H groups in total. The molecule has 0 radical (unpaired) electrons. The van der Waals surface area contributed by atoms with Gasteiger partial charge < -0.3 is 14.8 Å². The zero-order valence-corrected chi connectivity index (χ0v) is 18.1. The van der Waals surface area contributed by atoms with E-state index in [0.29, 0.717) is 6.04 Å². The molecule has 1 unspecified atom stereocenters. The van der Waals surface area contributed by atoms with Crippen LogP contribution >= 0.6 is 0 Å². The molecule has 158 valence electrons. The molecule has 0 saturated carbocycles. The zero-order valence-electron chi connectivity index (χ0n) is 18.1. The van der Waals surface area contributed by atoms with Gasteiger partial charge in [0.05, 0.1) is 11.0 Å². The Balaban J connectivity index is 1.35. The number of benzene rings is 3. The number of anilines is 2. The minimum atomic E-state index is 0.396. The molecule has 1 aliphatic rings. The van der Waals surface area contributed by atoms with Crippen LogP contribution in [-0.2, 0) is 7.05 Å². The van der Waals surface area contributed by atoms with Crippen molar-refractivity contribution in [2.45, 2.75) is 12.5 Å². The van der Waals surface area contributed by atoms with Gasteiger partial charge in [0, 0.05) is 67.2 Å². The maximum Gasteiger partial charge on any atom is 0.0966 e. The van der Waals surface area contributed by atoms with Crippen LogP contribution in [0.15, 0.2) is 85.3 Å². The summed E-state index contributed by atoms with van der Waals surface area (Å²) in [5.74, 6) is 0. The average molecular weight is 420 g/mol. The minimum Gasteiger partial charge on any atom is -0.380 e. The number of hydrogen-bond donors (Lipinski definition) is 1. The molecule has 0 amide bonds. The summed E-state index contributed by atoms with van der Waals surface area (Å²) >= 11 is 0. The van der Waals surface area contributed by atoms with E-state index >= 15 is 0 Å². The molecule has 0 bridgehead atoms. The summed E-state index contributed by atoms with van der Waals surface area (Å²) in [4.78, 5) is 11.7. The Morgan fingerprint density at radius 2 is 1.81 bits per heavy atom. The second-order valence-electron chi connectivity index (χ2n) is 8.56. The normalized spacial score (nSPS) is 16.2. The number of fused-ring (bicyclic) bond motifs is 2. The molecule has 32 heavy (non-hydrogen) atoms. The van der Waals surface area contributed by atoms with Crippen LogP contribution in [0.3, 0.4) is 0 Å². The molecule has 0 aliphatic carbocycles. The van der Waals surface area contributed by atoms with Gasteiger partial charge in [-0.05, 0) is 53.8 Å². The Morgan fingerprint density at radius 3 is 2.72 bits per heavy atom. The molecule has 2 aromatic heterocycles. The molecule has 0 spiro atoms. The molecule has 5 heteroatoms. The van der Waals surface area contributed by atoms with Crippen molar-refractivity contribution >= 4 is 33.3 Å². The fourth-order valence-electron chi connectivity index (χ4n) is 4.80.